The Bertz CT molecular complexity index is 908. The summed E-state index contributed by atoms with van der Waals surface area (Å²) >= 11 is 0. The highest BCUT2D eigenvalue weighted by Crippen LogP contribution is 2.21. The summed E-state index contributed by atoms with van der Waals surface area (Å²) in [7, 11) is -3.63. The van der Waals surface area contributed by atoms with Gasteiger partial charge in [-0.1, -0.05) is 29.8 Å². The molecule has 2 rings (SSSR count). The van der Waals surface area contributed by atoms with Crippen LogP contribution in [-0.4, -0.2) is 32.7 Å². The van der Waals surface area contributed by atoms with Crippen LogP contribution in [0.4, 0.5) is 5.69 Å². The maximum atomic E-state index is 12.7. The largest absolute Gasteiger partial charge is 0.491 e. The molecule has 0 radical (unpaired) electrons. The zero-order valence-electron chi connectivity index (χ0n) is 17.0. The highest BCUT2D eigenvalue weighted by atomic mass is 32.2. The molecule has 0 aromatic heterocycles. The van der Waals surface area contributed by atoms with Crippen molar-refractivity contribution in [3.8, 4) is 5.75 Å². The first-order valence-electron chi connectivity index (χ1n) is 9.17. The molecule has 0 saturated carbocycles. The number of amides is 1. The van der Waals surface area contributed by atoms with Crippen LogP contribution >= 0.6 is 0 Å². The Morgan fingerprint density at radius 2 is 1.75 bits per heavy atom. The molecule has 0 unspecified atom stereocenters. The van der Waals surface area contributed by atoms with Gasteiger partial charge in [-0.25, -0.2) is 8.42 Å². The van der Waals surface area contributed by atoms with E-state index in [0.717, 1.165) is 27.4 Å². The molecule has 1 N–H and O–H groups in total. The molecule has 0 aliphatic heterocycles. The first kappa shape index (κ1) is 21.8. The lowest BCUT2D eigenvalue weighted by molar-refractivity contribution is -0.122. The van der Waals surface area contributed by atoms with Crippen molar-refractivity contribution >= 4 is 21.6 Å². The number of hydrogen-bond acceptors (Lipinski definition) is 4. The summed E-state index contributed by atoms with van der Waals surface area (Å²) in [5.74, 6) is 0.355. The standard InChI is InChI=1S/C21H28N2O4S/c1-15(2)27-20-8-6-7-18(13-20)14-22-21(24)17(4)23(28(5,25)26)19-11-9-16(3)10-12-19/h6-13,15,17H,14H2,1-5H3,(H,22,24)/t17-/m1/s1. The molecule has 0 spiro atoms. The summed E-state index contributed by atoms with van der Waals surface area (Å²) in [4.78, 5) is 12.7. The van der Waals surface area contributed by atoms with Crippen molar-refractivity contribution in [3.05, 3.63) is 59.7 Å². The van der Waals surface area contributed by atoms with Crippen LogP contribution in [0.2, 0.25) is 0 Å². The van der Waals surface area contributed by atoms with Crippen molar-refractivity contribution in [1.29, 1.82) is 0 Å². The van der Waals surface area contributed by atoms with Gasteiger partial charge >= 0.3 is 0 Å². The van der Waals surface area contributed by atoms with Gasteiger partial charge in [0.25, 0.3) is 0 Å². The van der Waals surface area contributed by atoms with Gasteiger partial charge in [-0.15, -0.1) is 0 Å². The maximum absolute atomic E-state index is 12.7. The van der Waals surface area contributed by atoms with E-state index in [-0.39, 0.29) is 18.6 Å². The van der Waals surface area contributed by atoms with Crippen molar-refractivity contribution in [3.63, 3.8) is 0 Å². The molecule has 0 bridgehead atoms. The van der Waals surface area contributed by atoms with Gasteiger partial charge < -0.3 is 10.1 Å². The Morgan fingerprint density at radius 3 is 2.32 bits per heavy atom. The van der Waals surface area contributed by atoms with Crippen LogP contribution in [0, 0.1) is 6.92 Å². The smallest absolute Gasteiger partial charge is 0.243 e. The lowest BCUT2D eigenvalue weighted by Gasteiger charge is -2.28. The van der Waals surface area contributed by atoms with Gasteiger partial charge in [0.05, 0.1) is 18.0 Å². The van der Waals surface area contributed by atoms with E-state index in [4.69, 9.17) is 4.74 Å². The zero-order valence-corrected chi connectivity index (χ0v) is 17.8. The Morgan fingerprint density at radius 1 is 1.11 bits per heavy atom. The molecular formula is C21H28N2O4S. The molecule has 1 atom stereocenters. The third-order valence-corrected chi connectivity index (χ3v) is 5.36. The minimum atomic E-state index is -3.63. The highest BCUT2D eigenvalue weighted by molar-refractivity contribution is 7.92. The monoisotopic (exact) mass is 404 g/mol. The molecule has 0 aliphatic rings. The van der Waals surface area contributed by atoms with Crippen LogP contribution in [0.3, 0.4) is 0 Å². The zero-order chi connectivity index (χ0) is 20.9. The van der Waals surface area contributed by atoms with E-state index in [0.29, 0.717) is 5.69 Å². The number of carbonyl (C=O) groups is 1. The molecule has 0 aliphatic carbocycles. The summed E-state index contributed by atoms with van der Waals surface area (Å²) < 4.78 is 31.4. The molecular weight excluding hydrogens is 376 g/mol. The van der Waals surface area contributed by atoms with Crippen LogP contribution in [0.1, 0.15) is 31.9 Å². The van der Waals surface area contributed by atoms with Gasteiger partial charge in [-0.2, -0.15) is 0 Å². The van der Waals surface area contributed by atoms with E-state index in [1.807, 2.05) is 57.2 Å². The van der Waals surface area contributed by atoms with Crippen molar-refractivity contribution in [1.82, 2.24) is 5.32 Å². The van der Waals surface area contributed by atoms with Crippen molar-refractivity contribution < 1.29 is 17.9 Å². The average molecular weight is 405 g/mol. The van der Waals surface area contributed by atoms with E-state index in [2.05, 4.69) is 5.32 Å². The van der Waals surface area contributed by atoms with Gasteiger partial charge in [-0.05, 0) is 57.5 Å². The topological polar surface area (TPSA) is 75.7 Å². The van der Waals surface area contributed by atoms with Gasteiger partial charge in [0.2, 0.25) is 15.9 Å². The molecule has 7 heteroatoms. The molecule has 0 heterocycles. The van der Waals surface area contributed by atoms with Gasteiger partial charge in [0, 0.05) is 6.54 Å². The normalized spacial score (nSPS) is 12.5. The third kappa shape index (κ3) is 5.99. The van der Waals surface area contributed by atoms with Gasteiger partial charge in [0.15, 0.2) is 0 Å². The molecule has 6 nitrogen and oxygen atoms in total. The molecule has 0 saturated heterocycles. The molecule has 1 amide bonds. The Kier molecular flexibility index (Phi) is 7.07. The first-order valence-corrected chi connectivity index (χ1v) is 11.0. The number of nitrogens with zero attached hydrogens (tertiary/aromatic N) is 1. The van der Waals surface area contributed by atoms with Crippen molar-refractivity contribution in [2.45, 2.75) is 46.4 Å². The van der Waals surface area contributed by atoms with Gasteiger partial charge in [-0.3, -0.25) is 9.10 Å². The molecule has 2 aromatic rings. The highest BCUT2D eigenvalue weighted by Gasteiger charge is 2.28. The average Bonchev–Trinajstić information content (AvgIpc) is 2.60. The van der Waals surface area contributed by atoms with Crippen LogP contribution in [-0.2, 0) is 21.4 Å². The summed E-state index contributed by atoms with van der Waals surface area (Å²) in [6.45, 7) is 7.67. The number of hydrogen-bond donors (Lipinski definition) is 1. The van der Waals surface area contributed by atoms with E-state index in [9.17, 15) is 13.2 Å². The number of sulfonamides is 1. The van der Waals surface area contributed by atoms with E-state index in [1.54, 1.807) is 19.1 Å². The minimum Gasteiger partial charge on any atom is -0.491 e. The summed E-state index contributed by atoms with van der Waals surface area (Å²) in [6, 6.07) is 13.6. The number of ether oxygens (including phenoxy) is 1. The second kappa shape index (κ2) is 9.10. The van der Waals surface area contributed by atoms with Gasteiger partial charge in [0.1, 0.15) is 11.8 Å². The lowest BCUT2D eigenvalue weighted by atomic mass is 10.2. The number of carbonyl (C=O) groups excluding carboxylic acids is 1. The summed E-state index contributed by atoms with van der Waals surface area (Å²) in [5, 5.41) is 2.81. The Balaban J connectivity index is 2.12. The molecule has 152 valence electrons. The van der Waals surface area contributed by atoms with Crippen molar-refractivity contribution in [2.75, 3.05) is 10.6 Å². The number of anilines is 1. The molecule has 2 aromatic carbocycles. The maximum Gasteiger partial charge on any atom is 0.243 e. The number of nitrogens with one attached hydrogen (secondary N) is 1. The van der Waals surface area contributed by atoms with E-state index < -0.39 is 16.1 Å². The Labute approximate surface area is 167 Å². The first-order chi connectivity index (χ1) is 13.1. The quantitative estimate of drug-likeness (QED) is 0.733. The number of rotatable bonds is 8. The van der Waals surface area contributed by atoms with E-state index in [1.165, 1.54) is 0 Å². The predicted molar refractivity (Wildman–Crippen MR) is 112 cm³/mol. The second-order valence-corrected chi connectivity index (χ2v) is 8.96. The number of benzene rings is 2. The summed E-state index contributed by atoms with van der Waals surface area (Å²) in [5.41, 5.74) is 2.35. The molecule has 0 fully saturated rings. The van der Waals surface area contributed by atoms with Crippen LogP contribution in [0.25, 0.3) is 0 Å². The van der Waals surface area contributed by atoms with Crippen LogP contribution in [0.5, 0.6) is 5.75 Å². The van der Waals surface area contributed by atoms with E-state index >= 15 is 0 Å². The molecule has 28 heavy (non-hydrogen) atoms. The second-order valence-electron chi connectivity index (χ2n) is 7.10. The Hall–Kier alpha value is -2.54. The third-order valence-electron chi connectivity index (χ3n) is 4.11. The lowest BCUT2D eigenvalue weighted by Crippen LogP contribution is -2.47. The fourth-order valence-corrected chi connectivity index (χ4v) is 4.01. The minimum absolute atomic E-state index is 0.0580. The summed E-state index contributed by atoms with van der Waals surface area (Å²) in [6.07, 6.45) is 1.16. The SMILES string of the molecule is Cc1ccc(N([C@H](C)C(=O)NCc2cccc(OC(C)C)c2)S(C)(=O)=O)cc1. The predicted octanol–water partition coefficient (Wildman–Crippen LogP) is 3.25. The fourth-order valence-electron chi connectivity index (χ4n) is 2.84. The number of aryl methyl sites for hydroxylation is 1. The fraction of sp³-hybridized carbons (Fsp3) is 0.381. The van der Waals surface area contributed by atoms with Crippen LogP contribution < -0.4 is 14.4 Å². The van der Waals surface area contributed by atoms with Crippen molar-refractivity contribution in [2.24, 2.45) is 0 Å². The van der Waals surface area contributed by atoms with Crippen LogP contribution in [0.15, 0.2) is 48.5 Å².